The number of benzene rings is 2. The van der Waals surface area contributed by atoms with Gasteiger partial charge in [0.05, 0.1) is 0 Å². The lowest BCUT2D eigenvalue weighted by molar-refractivity contribution is -0.121. The SMILES string of the molecule is N[C@@H](CC(=O)NCCc1c(F)cccc1Cl)Cc1ccccc1F. The van der Waals surface area contributed by atoms with Crippen LogP contribution in [0.1, 0.15) is 17.5 Å². The van der Waals surface area contributed by atoms with Gasteiger partial charge in [-0.3, -0.25) is 4.79 Å². The van der Waals surface area contributed by atoms with Crippen molar-refractivity contribution in [2.75, 3.05) is 6.54 Å². The van der Waals surface area contributed by atoms with E-state index in [9.17, 15) is 13.6 Å². The van der Waals surface area contributed by atoms with E-state index < -0.39 is 11.9 Å². The minimum absolute atomic E-state index is 0.0688. The summed E-state index contributed by atoms with van der Waals surface area (Å²) in [6, 6.07) is 10.3. The zero-order valence-electron chi connectivity index (χ0n) is 13.1. The van der Waals surface area contributed by atoms with Crippen LogP contribution in [0.2, 0.25) is 5.02 Å². The second kappa shape index (κ2) is 8.76. The smallest absolute Gasteiger partial charge is 0.221 e. The molecule has 128 valence electrons. The first kappa shape index (κ1) is 18.4. The molecule has 0 saturated heterocycles. The molecule has 6 heteroatoms. The normalized spacial score (nSPS) is 12.0. The Kier molecular flexibility index (Phi) is 6.70. The van der Waals surface area contributed by atoms with Gasteiger partial charge in [0.1, 0.15) is 11.6 Å². The number of hydrogen-bond donors (Lipinski definition) is 2. The number of hydrogen-bond acceptors (Lipinski definition) is 2. The van der Waals surface area contributed by atoms with Crippen LogP contribution < -0.4 is 11.1 Å². The van der Waals surface area contributed by atoms with Crippen LogP contribution in [0.15, 0.2) is 42.5 Å². The topological polar surface area (TPSA) is 55.1 Å². The third-order valence-corrected chi connectivity index (χ3v) is 4.00. The van der Waals surface area contributed by atoms with E-state index in [1.807, 2.05) is 0 Å². The Morgan fingerprint density at radius 3 is 2.54 bits per heavy atom. The standard InChI is InChI=1S/C18H19ClF2N2O/c19-15-5-3-7-17(21)14(15)8-9-23-18(24)11-13(22)10-12-4-1-2-6-16(12)20/h1-7,13H,8-11,22H2,(H,23,24)/t13-/m1/s1. The van der Waals surface area contributed by atoms with E-state index in [1.54, 1.807) is 24.3 Å². The van der Waals surface area contributed by atoms with Gasteiger partial charge in [-0.15, -0.1) is 0 Å². The van der Waals surface area contributed by atoms with Gasteiger partial charge in [0, 0.05) is 29.6 Å². The maximum absolute atomic E-state index is 13.6. The summed E-state index contributed by atoms with van der Waals surface area (Å²) in [4.78, 5) is 11.9. The monoisotopic (exact) mass is 352 g/mol. The molecule has 0 unspecified atom stereocenters. The van der Waals surface area contributed by atoms with Gasteiger partial charge in [0.2, 0.25) is 5.91 Å². The lowest BCUT2D eigenvalue weighted by Crippen LogP contribution is -2.34. The van der Waals surface area contributed by atoms with E-state index in [2.05, 4.69) is 5.32 Å². The molecule has 1 atom stereocenters. The molecule has 0 aliphatic heterocycles. The van der Waals surface area contributed by atoms with E-state index in [1.165, 1.54) is 18.2 Å². The van der Waals surface area contributed by atoms with Crippen molar-refractivity contribution in [1.29, 1.82) is 0 Å². The maximum atomic E-state index is 13.6. The number of rotatable bonds is 7. The fourth-order valence-corrected chi connectivity index (χ4v) is 2.68. The van der Waals surface area contributed by atoms with Crippen LogP contribution in [0.25, 0.3) is 0 Å². The molecule has 3 nitrogen and oxygen atoms in total. The van der Waals surface area contributed by atoms with Gasteiger partial charge in [-0.1, -0.05) is 35.9 Å². The third kappa shape index (κ3) is 5.28. The fraction of sp³-hybridized carbons (Fsp3) is 0.278. The van der Waals surface area contributed by atoms with Gasteiger partial charge >= 0.3 is 0 Å². The molecule has 0 saturated carbocycles. The van der Waals surface area contributed by atoms with Crippen LogP contribution in [-0.4, -0.2) is 18.5 Å². The molecule has 0 bridgehead atoms. The summed E-state index contributed by atoms with van der Waals surface area (Å²) in [5.74, 6) is -0.984. The molecule has 24 heavy (non-hydrogen) atoms. The van der Waals surface area contributed by atoms with E-state index in [-0.39, 0.29) is 31.1 Å². The van der Waals surface area contributed by atoms with Gasteiger partial charge in [-0.05, 0) is 36.6 Å². The highest BCUT2D eigenvalue weighted by Crippen LogP contribution is 2.19. The van der Waals surface area contributed by atoms with Crippen molar-refractivity contribution in [2.45, 2.75) is 25.3 Å². The Hall–Kier alpha value is -1.98. The average molecular weight is 353 g/mol. The van der Waals surface area contributed by atoms with Gasteiger partial charge in [0.15, 0.2) is 0 Å². The van der Waals surface area contributed by atoms with Crippen LogP contribution in [0.3, 0.4) is 0 Å². The summed E-state index contributed by atoms with van der Waals surface area (Å²) < 4.78 is 27.2. The van der Waals surface area contributed by atoms with Gasteiger partial charge in [-0.2, -0.15) is 0 Å². The van der Waals surface area contributed by atoms with Crippen molar-refractivity contribution in [1.82, 2.24) is 5.32 Å². The van der Waals surface area contributed by atoms with Crippen molar-refractivity contribution >= 4 is 17.5 Å². The summed E-state index contributed by atoms with van der Waals surface area (Å²) in [5, 5.41) is 3.01. The van der Waals surface area contributed by atoms with Gasteiger partial charge in [0.25, 0.3) is 0 Å². The first-order chi connectivity index (χ1) is 11.5. The molecule has 0 fully saturated rings. The third-order valence-electron chi connectivity index (χ3n) is 3.65. The van der Waals surface area contributed by atoms with Crippen molar-refractivity contribution < 1.29 is 13.6 Å². The Morgan fingerprint density at radius 2 is 1.83 bits per heavy atom. The average Bonchev–Trinajstić information content (AvgIpc) is 2.52. The summed E-state index contributed by atoms with van der Waals surface area (Å²) >= 11 is 5.93. The molecule has 2 aromatic rings. The highest BCUT2D eigenvalue weighted by molar-refractivity contribution is 6.31. The second-order valence-corrected chi connectivity index (χ2v) is 5.97. The first-order valence-corrected chi connectivity index (χ1v) is 8.03. The highest BCUT2D eigenvalue weighted by Gasteiger charge is 2.13. The molecule has 2 rings (SSSR count). The predicted molar refractivity (Wildman–Crippen MR) is 90.8 cm³/mol. The van der Waals surface area contributed by atoms with Gasteiger partial charge < -0.3 is 11.1 Å². The number of carbonyl (C=O) groups excluding carboxylic acids is 1. The van der Waals surface area contributed by atoms with E-state index >= 15 is 0 Å². The number of nitrogens with two attached hydrogens (primary N) is 1. The minimum atomic E-state index is -0.487. The molecular weight excluding hydrogens is 334 g/mol. The quantitative estimate of drug-likeness (QED) is 0.803. The fourth-order valence-electron chi connectivity index (χ4n) is 2.43. The molecule has 2 aromatic carbocycles. The second-order valence-electron chi connectivity index (χ2n) is 5.56. The Morgan fingerprint density at radius 1 is 1.12 bits per heavy atom. The molecule has 3 N–H and O–H groups in total. The first-order valence-electron chi connectivity index (χ1n) is 7.66. The number of halogens is 3. The van der Waals surface area contributed by atoms with Crippen molar-refractivity contribution in [3.63, 3.8) is 0 Å². The molecular formula is C18H19ClF2N2O. The molecule has 0 aromatic heterocycles. The van der Waals surface area contributed by atoms with Crippen LogP contribution >= 0.6 is 11.6 Å². The summed E-state index contributed by atoms with van der Waals surface area (Å²) in [6.07, 6.45) is 0.637. The number of amides is 1. The van der Waals surface area contributed by atoms with Crippen molar-refractivity contribution in [2.24, 2.45) is 5.73 Å². The van der Waals surface area contributed by atoms with Crippen LogP contribution in [0.4, 0.5) is 8.78 Å². The number of carbonyl (C=O) groups is 1. The summed E-state index contributed by atoms with van der Waals surface area (Å²) in [7, 11) is 0. The zero-order chi connectivity index (χ0) is 17.5. The molecule has 1 amide bonds. The zero-order valence-corrected chi connectivity index (χ0v) is 13.8. The Balaban J connectivity index is 1.78. The van der Waals surface area contributed by atoms with Crippen LogP contribution in [0.5, 0.6) is 0 Å². The molecule has 0 heterocycles. The summed E-state index contributed by atoms with van der Waals surface area (Å²) in [5.41, 5.74) is 6.75. The Bertz CT molecular complexity index is 689. The van der Waals surface area contributed by atoms with Crippen LogP contribution in [0, 0.1) is 11.6 Å². The molecule has 0 radical (unpaired) electrons. The van der Waals surface area contributed by atoms with E-state index in [4.69, 9.17) is 17.3 Å². The van der Waals surface area contributed by atoms with E-state index in [0.29, 0.717) is 22.6 Å². The summed E-state index contributed by atoms with van der Waals surface area (Å²) in [6.45, 7) is 0.256. The molecule has 0 aliphatic carbocycles. The van der Waals surface area contributed by atoms with Gasteiger partial charge in [-0.25, -0.2) is 8.78 Å². The number of nitrogens with one attached hydrogen (secondary N) is 1. The highest BCUT2D eigenvalue weighted by atomic mass is 35.5. The largest absolute Gasteiger partial charge is 0.356 e. The molecule has 0 aliphatic rings. The van der Waals surface area contributed by atoms with Crippen LogP contribution in [-0.2, 0) is 17.6 Å². The lowest BCUT2D eigenvalue weighted by Gasteiger charge is -2.13. The minimum Gasteiger partial charge on any atom is -0.356 e. The maximum Gasteiger partial charge on any atom is 0.221 e. The van der Waals surface area contributed by atoms with Crippen molar-refractivity contribution in [3.8, 4) is 0 Å². The Labute approximate surface area is 144 Å². The molecule has 0 spiro atoms. The van der Waals surface area contributed by atoms with Crippen molar-refractivity contribution in [3.05, 3.63) is 70.2 Å². The lowest BCUT2D eigenvalue weighted by atomic mass is 10.0. The predicted octanol–water partition coefficient (Wildman–Crippen LogP) is 3.24. The van der Waals surface area contributed by atoms with E-state index in [0.717, 1.165) is 0 Å².